The number of ether oxygens (including phenoxy) is 1. The minimum Gasteiger partial charge on any atom is -0.378 e. The zero-order chi connectivity index (χ0) is 14.1. The maximum absolute atomic E-state index is 12.1. The second-order valence-corrected chi connectivity index (χ2v) is 6.51. The minimum absolute atomic E-state index is 0.114. The minimum atomic E-state index is -0.442. The quantitative estimate of drug-likeness (QED) is 0.761. The van der Waals surface area contributed by atoms with Crippen LogP contribution in [-0.4, -0.2) is 49.1 Å². The molecule has 0 aromatic carbocycles. The lowest BCUT2D eigenvalue weighted by molar-refractivity contribution is -0.149. The molecule has 0 aromatic rings. The highest BCUT2D eigenvalue weighted by Gasteiger charge is 2.42. The summed E-state index contributed by atoms with van der Waals surface area (Å²) < 4.78 is 5.20. The Labute approximate surface area is 120 Å². The van der Waals surface area contributed by atoms with E-state index in [1.807, 2.05) is 0 Å². The number of carbonyl (C=O) groups is 2. The van der Waals surface area contributed by atoms with Crippen LogP contribution in [-0.2, 0) is 14.3 Å². The van der Waals surface area contributed by atoms with Crippen molar-refractivity contribution < 1.29 is 14.3 Å². The van der Waals surface area contributed by atoms with Gasteiger partial charge in [-0.25, -0.2) is 0 Å². The lowest BCUT2D eigenvalue weighted by Crippen LogP contribution is -2.51. The van der Waals surface area contributed by atoms with Crippen LogP contribution >= 0.6 is 0 Å². The van der Waals surface area contributed by atoms with Gasteiger partial charge in [-0.05, 0) is 43.9 Å². The van der Waals surface area contributed by atoms with Gasteiger partial charge in [0.1, 0.15) is 0 Å². The van der Waals surface area contributed by atoms with E-state index in [0.29, 0.717) is 32.2 Å². The van der Waals surface area contributed by atoms with Crippen molar-refractivity contribution in [2.45, 2.75) is 38.6 Å². The maximum atomic E-state index is 12.1. The number of hydrogen-bond donors (Lipinski definition) is 1. The summed E-state index contributed by atoms with van der Waals surface area (Å²) in [4.78, 5) is 25.7. The molecule has 2 bridgehead atoms. The van der Waals surface area contributed by atoms with Crippen LogP contribution in [0.3, 0.4) is 0 Å². The Balaban J connectivity index is 1.51. The highest BCUT2D eigenvalue weighted by molar-refractivity contribution is 6.35. The predicted molar refractivity (Wildman–Crippen MR) is 73.9 cm³/mol. The van der Waals surface area contributed by atoms with Gasteiger partial charge in [0.15, 0.2) is 0 Å². The van der Waals surface area contributed by atoms with Gasteiger partial charge in [-0.2, -0.15) is 0 Å². The first kappa shape index (κ1) is 13.9. The Morgan fingerprint density at radius 3 is 2.55 bits per heavy atom. The third-order valence-electron chi connectivity index (χ3n) is 5.29. The van der Waals surface area contributed by atoms with Crippen molar-refractivity contribution in [3.63, 3.8) is 0 Å². The number of morpholine rings is 1. The molecule has 1 aliphatic heterocycles. The molecule has 3 fully saturated rings. The van der Waals surface area contributed by atoms with E-state index in [9.17, 15) is 9.59 Å². The molecule has 5 nitrogen and oxygen atoms in total. The summed E-state index contributed by atoms with van der Waals surface area (Å²) in [6.45, 7) is 4.15. The Morgan fingerprint density at radius 2 is 1.95 bits per heavy atom. The summed E-state index contributed by atoms with van der Waals surface area (Å²) in [5, 5.41) is 2.93. The summed E-state index contributed by atoms with van der Waals surface area (Å²) in [7, 11) is 0. The topological polar surface area (TPSA) is 58.6 Å². The summed E-state index contributed by atoms with van der Waals surface area (Å²) in [5.74, 6) is 1.34. The molecule has 2 amide bonds. The van der Waals surface area contributed by atoms with Gasteiger partial charge in [-0.15, -0.1) is 0 Å². The number of hydrogen-bond acceptors (Lipinski definition) is 3. The largest absolute Gasteiger partial charge is 0.378 e. The van der Waals surface area contributed by atoms with Crippen LogP contribution in [0.15, 0.2) is 0 Å². The van der Waals surface area contributed by atoms with E-state index in [2.05, 4.69) is 12.2 Å². The van der Waals surface area contributed by atoms with Gasteiger partial charge in [0.2, 0.25) is 0 Å². The van der Waals surface area contributed by atoms with Crippen LogP contribution in [0.5, 0.6) is 0 Å². The molecule has 2 aliphatic carbocycles. The highest BCUT2D eigenvalue weighted by Crippen LogP contribution is 2.49. The van der Waals surface area contributed by atoms with Crippen LogP contribution in [0, 0.1) is 17.8 Å². The third-order valence-corrected chi connectivity index (χ3v) is 5.29. The van der Waals surface area contributed by atoms with Gasteiger partial charge >= 0.3 is 11.8 Å². The number of carbonyl (C=O) groups excluding carboxylic acids is 2. The average Bonchev–Trinajstić information content (AvgIpc) is 3.10. The summed E-state index contributed by atoms with van der Waals surface area (Å²) in [5.41, 5.74) is 0. The second-order valence-electron chi connectivity index (χ2n) is 6.51. The highest BCUT2D eigenvalue weighted by atomic mass is 16.5. The number of fused-ring (bicyclic) bond motifs is 2. The SMILES string of the molecule is CC(NC(=O)C(=O)N1CCOCC1)C1CC2CCC1C2. The zero-order valence-electron chi connectivity index (χ0n) is 12.1. The number of nitrogens with zero attached hydrogens (tertiary/aromatic N) is 1. The van der Waals surface area contributed by atoms with Crippen molar-refractivity contribution in [1.29, 1.82) is 0 Å². The van der Waals surface area contributed by atoms with Crippen LogP contribution < -0.4 is 5.32 Å². The Hall–Kier alpha value is -1.10. The monoisotopic (exact) mass is 280 g/mol. The normalized spacial score (nSPS) is 34.0. The van der Waals surface area contributed by atoms with Crippen molar-refractivity contribution in [3.05, 3.63) is 0 Å². The van der Waals surface area contributed by atoms with E-state index in [1.165, 1.54) is 25.7 Å². The third kappa shape index (κ3) is 2.68. The fourth-order valence-corrected chi connectivity index (χ4v) is 4.19. The van der Waals surface area contributed by atoms with Gasteiger partial charge in [0.25, 0.3) is 0 Å². The maximum Gasteiger partial charge on any atom is 0.312 e. The van der Waals surface area contributed by atoms with Crippen molar-refractivity contribution in [3.8, 4) is 0 Å². The molecule has 1 heterocycles. The molecule has 4 atom stereocenters. The van der Waals surface area contributed by atoms with E-state index in [0.717, 1.165) is 11.8 Å². The van der Waals surface area contributed by atoms with Crippen molar-refractivity contribution >= 4 is 11.8 Å². The van der Waals surface area contributed by atoms with Gasteiger partial charge in [0, 0.05) is 19.1 Å². The fraction of sp³-hybridized carbons (Fsp3) is 0.867. The van der Waals surface area contributed by atoms with Gasteiger partial charge < -0.3 is 15.0 Å². The summed E-state index contributed by atoms with van der Waals surface area (Å²) in [6, 6.07) is 0.114. The number of rotatable bonds is 2. The number of nitrogens with one attached hydrogen (secondary N) is 1. The summed E-state index contributed by atoms with van der Waals surface area (Å²) in [6.07, 6.45) is 5.20. The fourth-order valence-electron chi connectivity index (χ4n) is 4.19. The van der Waals surface area contributed by atoms with E-state index in [1.54, 1.807) is 4.90 Å². The smallest absolute Gasteiger partial charge is 0.312 e. The lowest BCUT2D eigenvalue weighted by Gasteiger charge is -2.30. The molecular weight excluding hydrogens is 256 g/mol. The molecule has 1 N–H and O–H groups in total. The molecule has 20 heavy (non-hydrogen) atoms. The van der Waals surface area contributed by atoms with E-state index < -0.39 is 11.8 Å². The Morgan fingerprint density at radius 1 is 1.20 bits per heavy atom. The van der Waals surface area contributed by atoms with E-state index in [-0.39, 0.29) is 6.04 Å². The summed E-state index contributed by atoms with van der Waals surface area (Å²) >= 11 is 0. The van der Waals surface area contributed by atoms with Crippen LogP contribution in [0.1, 0.15) is 32.6 Å². The molecule has 0 aromatic heterocycles. The van der Waals surface area contributed by atoms with Gasteiger partial charge in [0.05, 0.1) is 13.2 Å². The Bertz CT molecular complexity index is 393. The molecule has 5 heteroatoms. The molecule has 3 rings (SSSR count). The molecular formula is C15H24N2O3. The first-order chi connectivity index (χ1) is 9.65. The van der Waals surface area contributed by atoms with Gasteiger partial charge in [-0.1, -0.05) is 6.42 Å². The molecule has 3 aliphatic rings. The number of amides is 2. The molecule has 4 unspecified atom stereocenters. The van der Waals surface area contributed by atoms with E-state index in [4.69, 9.17) is 4.74 Å². The zero-order valence-corrected chi connectivity index (χ0v) is 12.1. The first-order valence-corrected chi connectivity index (χ1v) is 7.82. The van der Waals surface area contributed by atoms with Crippen LogP contribution in [0.2, 0.25) is 0 Å². The molecule has 0 radical (unpaired) electrons. The molecule has 1 saturated heterocycles. The molecule has 112 valence electrons. The average molecular weight is 280 g/mol. The van der Waals surface area contributed by atoms with Crippen LogP contribution in [0.25, 0.3) is 0 Å². The predicted octanol–water partition coefficient (Wildman–Crippen LogP) is 0.786. The molecule has 0 spiro atoms. The van der Waals surface area contributed by atoms with Crippen molar-refractivity contribution in [2.24, 2.45) is 17.8 Å². The second kappa shape index (κ2) is 5.72. The standard InChI is InChI=1S/C15H24N2O3/c1-10(13-9-11-2-3-12(13)8-11)16-14(18)15(19)17-4-6-20-7-5-17/h10-13H,2-9H2,1H3,(H,16,18). The Kier molecular flexibility index (Phi) is 3.96. The van der Waals surface area contributed by atoms with Crippen LogP contribution in [0.4, 0.5) is 0 Å². The van der Waals surface area contributed by atoms with Gasteiger partial charge in [-0.3, -0.25) is 9.59 Å². The molecule has 2 saturated carbocycles. The lowest BCUT2D eigenvalue weighted by atomic mass is 9.84. The van der Waals surface area contributed by atoms with Crippen molar-refractivity contribution in [1.82, 2.24) is 10.2 Å². The van der Waals surface area contributed by atoms with Crippen molar-refractivity contribution in [2.75, 3.05) is 26.3 Å². The van der Waals surface area contributed by atoms with E-state index >= 15 is 0 Å². The first-order valence-electron chi connectivity index (χ1n) is 7.82.